The van der Waals surface area contributed by atoms with Crippen LogP contribution in [0.25, 0.3) is 0 Å². The second-order valence-electron chi connectivity index (χ2n) is 4.24. The van der Waals surface area contributed by atoms with Crippen LogP contribution in [0.2, 0.25) is 0 Å². The van der Waals surface area contributed by atoms with Gasteiger partial charge in [0.15, 0.2) is 0 Å². The van der Waals surface area contributed by atoms with E-state index in [9.17, 15) is 12.8 Å². The molecule has 1 rings (SSSR count). The minimum atomic E-state index is -3.68. The van der Waals surface area contributed by atoms with Crippen LogP contribution in [0.5, 0.6) is 0 Å². The van der Waals surface area contributed by atoms with Crippen molar-refractivity contribution in [2.75, 3.05) is 13.1 Å². The summed E-state index contributed by atoms with van der Waals surface area (Å²) in [5.74, 6) is -0.529. The summed E-state index contributed by atoms with van der Waals surface area (Å²) in [6.45, 7) is 4.56. The summed E-state index contributed by atoms with van der Waals surface area (Å²) in [7, 11) is -3.68. The van der Waals surface area contributed by atoms with Gasteiger partial charge in [0.1, 0.15) is 5.82 Å². The van der Waals surface area contributed by atoms with Gasteiger partial charge < -0.3 is 0 Å². The number of benzene rings is 1. The number of nitrogens with zero attached hydrogens (tertiary/aromatic N) is 1. The van der Waals surface area contributed by atoms with Gasteiger partial charge in [-0.15, -0.1) is 11.6 Å². The summed E-state index contributed by atoms with van der Waals surface area (Å²) in [6.07, 6.45) is 1.68. The van der Waals surface area contributed by atoms with E-state index >= 15 is 0 Å². The number of hydrogen-bond acceptors (Lipinski definition) is 2. The van der Waals surface area contributed by atoms with Crippen LogP contribution in [0, 0.1) is 5.82 Å². The molecule has 0 saturated carbocycles. The first-order valence-electron chi connectivity index (χ1n) is 6.31. The van der Waals surface area contributed by atoms with Gasteiger partial charge in [-0.25, -0.2) is 12.8 Å². The Kier molecular flexibility index (Phi) is 6.23. The molecule has 0 aliphatic rings. The minimum Gasteiger partial charge on any atom is -0.207 e. The Balaban J connectivity index is 3.20. The maximum Gasteiger partial charge on any atom is 0.243 e. The van der Waals surface area contributed by atoms with Crippen LogP contribution in [0.15, 0.2) is 23.1 Å². The van der Waals surface area contributed by atoms with Gasteiger partial charge in [0.2, 0.25) is 10.0 Å². The lowest BCUT2D eigenvalue weighted by molar-refractivity contribution is 0.418. The molecule has 1 aromatic carbocycles. The Labute approximate surface area is 119 Å². The van der Waals surface area contributed by atoms with E-state index in [1.165, 1.54) is 16.4 Å². The smallest absolute Gasteiger partial charge is 0.207 e. The summed E-state index contributed by atoms with van der Waals surface area (Å²) in [4.78, 5) is -0.0274. The minimum absolute atomic E-state index is 0.0274. The summed E-state index contributed by atoms with van der Waals surface area (Å²) in [5, 5.41) is 0. The molecule has 0 N–H and O–H groups in total. The van der Waals surface area contributed by atoms with Crippen molar-refractivity contribution < 1.29 is 12.8 Å². The van der Waals surface area contributed by atoms with Gasteiger partial charge in [-0.1, -0.05) is 26.3 Å². The predicted octanol–water partition coefficient (Wildman–Crippen LogP) is 3.38. The highest BCUT2D eigenvalue weighted by Gasteiger charge is 2.25. The molecule has 0 aliphatic carbocycles. The van der Waals surface area contributed by atoms with Crippen LogP contribution in [0.1, 0.15) is 32.3 Å². The van der Waals surface area contributed by atoms with Gasteiger partial charge in [0.05, 0.1) is 4.90 Å². The highest BCUT2D eigenvalue weighted by molar-refractivity contribution is 7.89. The summed E-state index contributed by atoms with van der Waals surface area (Å²) >= 11 is 5.74. The maximum absolute atomic E-state index is 13.3. The molecule has 0 fully saturated rings. The number of sulfonamides is 1. The van der Waals surface area contributed by atoms with Gasteiger partial charge in [-0.05, 0) is 24.1 Å². The van der Waals surface area contributed by atoms with Crippen molar-refractivity contribution >= 4 is 21.6 Å². The zero-order chi connectivity index (χ0) is 14.5. The molecule has 0 aliphatic heterocycles. The number of halogens is 2. The molecule has 1 aromatic rings. The number of alkyl halides is 1. The number of hydrogen-bond donors (Lipinski definition) is 0. The van der Waals surface area contributed by atoms with Crippen LogP contribution >= 0.6 is 11.6 Å². The Hall–Kier alpha value is -0.650. The van der Waals surface area contributed by atoms with E-state index in [0.717, 1.165) is 18.9 Å². The first-order valence-corrected chi connectivity index (χ1v) is 8.29. The molecule has 0 aromatic heterocycles. The Bertz CT molecular complexity index is 519. The van der Waals surface area contributed by atoms with Crippen molar-refractivity contribution in [1.82, 2.24) is 4.31 Å². The molecule has 108 valence electrons. The fourth-order valence-electron chi connectivity index (χ4n) is 1.80. The quantitative estimate of drug-likeness (QED) is 0.724. The van der Waals surface area contributed by atoms with E-state index in [1.807, 2.05) is 6.92 Å². The van der Waals surface area contributed by atoms with E-state index in [2.05, 4.69) is 0 Å². The van der Waals surface area contributed by atoms with Crippen molar-refractivity contribution in [3.05, 3.63) is 29.6 Å². The first kappa shape index (κ1) is 16.4. The normalized spacial score (nSPS) is 12.1. The number of rotatable bonds is 7. The van der Waals surface area contributed by atoms with E-state index < -0.39 is 15.8 Å². The lowest BCUT2D eigenvalue weighted by Crippen LogP contribution is -2.32. The van der Waals surface area contributed by atoms with Crippen molar-refractivity contribution in [3.8, 4) is 0 Å². The Morgan fingerprint density at radius 3 is 2.53 bits per heavy atom. The van der Waals surface area contributed by atoms with Crippen molar-refractivity contribution in [3.63, 3.8) is 0 Å². The summed E-state index contributed by atoms with van der Waals surface area (Å²) < 4.78 is 39.7. The average molecular weight is 308 g/mol. The van der Waals surface area contributed by atoms with Gasteiger partial charge >= 0.3 is 0 Å². The van der Waals surface area contributed by atoms with Crippen molar-refractivity contribution in [1.29, 1.82) is 0 Å². The Morgan fingerprint density at radius 1 is 1.32 bits per heavy atom. The first-order chi connectivity index (χ1) is 8.97. The molecule has 0 amide bonds. The van der Waals surface area contributed by atoms with E-state index in [0.29, 0.717) is 18.7 Å². The fourth-order valence-corrected chi connectivity index (χ4v) is 3.83. The average Bonchev–Trinajstić information content (AvgIpc) is 2.39. The van der Waals surface area contributed by atoms with Gasteiger partial charge in [0, 0.05) is 19.0 Å². The monoisotopic (exact) mass is 307 g/mol. The van der Waals surface area contributed by atoms with E-state index in [4.69, 9.17) is 11.6 Å². The SMILES string of the molecule is CCCCN(CC)S(=O)(=O)c1cc(F)ccc1CCl. The molecule has 0 heterocycles. The zero-order valence-electron chi connectivity index (χ0n) is 11.2. The predicted molar refractivity (Wildman–Crippen MR) is 75.3 cm³/mol. The lowest BCUT2D eigenvalue weighted by Gasteiger charge is -2.21. The van der Waals surface area contributed by atoms with Crippen LogP contribution < -0.4 is 0 Å². The molecular weight excluding hydrogens is 289 g/mol. The van der Waals surface area contributed by atoms with E-state index in [1.54, 1.807) is 6.92 Å². The lowest BCUT2D eigenvalue weighted by atomic mass is 10.2. The molecule has 0 bridgehead atoms. The van der Waals surface area contributed by atoms with Crippen molar-refractivity contribution in [2.45, 2.75) is 37.5 Å². The molecule has 6 heteroatoms. The highest BCUT2D eigenvalue weighted by atomic mass is 35.5. The van der Waals surface area contributed by atoms with E-state index in [-0.39, 0.29) is 10.8 Å². The molecule has 0 saturated heterocycles. The summed E-state index contributed by atoms with van der Waals surface area (Å²) in [5.41, 5.74) is 0.429. The zero-order valence-corrected chi connectivity index (χ0v) is 12.8. The topological polar surface area (TPSA) is 37.4 Å². The van der Waals surface area contributed by atoms with Gasteiger partial charge in [0.25, 0.3) is 0 Å². The van der Waals surface area contributed by atoms with Crippen LogP contribution in [-0.4, -0.2) is 25.8 Å². The van der Waals surface area contributed by atoms with Crippen LogP contribution in [0.3, 0.4) is 0 Å². The second kappa shape index (κ2) is 7.22. The molecule has 19 heavy (non-hydrogen) atoms. The van der Waals surface area contributed by atoms with Crippen molar-refractivity contribution in [2.24, 2.45) is 0 Å². The van der Waals surface area contributed by atoms with Crippen LogP contribution in [0.4, 0.5) is 4.39 Å². The highest BCUT2D eigenvalue weighted by Crippen LogP contribution is 2.23. The number of unbranched alkanes of at least 4 members (excludes halogenated alkanes) is 1. The molecule has 0 atom stereocenters. The molecular formula is C13H19ClFNO2S. The molecule has 3 nitrogen and oxygen atoms in total. The van der Waals surface area contributed by atoms with Gasteiger partial charge in [-0.2, -0.15) is 4.31 Å². The molecule has 0 radical (unpaired) electrons. The largest absolute Gasteiger partial charge is 0.243 e. The maximum atomic E-state index is 13.3. The summed E-state index contributed by atoms with van der Waals surface area (Å²) in [6, 6.07) is 3.68. The standard InChI is InChI=1S/C13H19ClFNO2S/c1-3-5-8-16(4-2)19(17,18)13-9-12(15)7-6-11(13)10-14/h6-7,9H,3-5,8,10H2,1-2H3. The fraction of sp³-hybridized carbons (Fsp3) is 0.538. The third-order valence-electron chi connectivity index (χ3n) is 2.90. The van der Waals surface area contributed by atoms with Crippen LogP contribution in [-0.2, 0) is 15.9 Å². The van der Waals surface area contributed by atoms with Gasteiger partial charge in [-0.3, -0.25) is 0 Å². The molecule has 0 unspecified atom stereocenters. The third kappa shape index (κ3) is 3.91. The molecule has 0 spiro atoms. The third-order valence-corrected chi connectivity index (χ3v) is 5.25. The second-order valence-corrected chi connectivity index (χ2v) is 6.41. The Morgan fingerprint density at radius 2 is 2.00 bits per heavy atom.